The van der Waals surface area contributed by atoms with Gasteiger partial charge in [0.15, 0.2) is 5.11 Å². The molecule has 0 unspecified atom stereocenters. The lowest BCUT2D eigenvalue weighted by atomic mass is 9.96. The second kappa shape index (κ2) is 11.6. The third-order valence-electron chi connectivity index (χ3n) is 7.67. The van der Waals surface area contributed by atoms with Gasteiger partial charge < -0.3 is 29.4 Å². The third-order valence-corrected chi connectivity index (χ3v) is 7.99. The Morgan fingerprint density at radius 3 is 2.21 bits per heavy atom. The van der Waals surface area contributed by atoms with Crippen molar-refractivity contribution < 1.29 is 19.4 Å². The topological polar surface area (TPSA) is 88.9 Å². The van der Waals surface area contributed by atoms with Crippen LogP contribution in [0.15, 0.2) is 103 Å². The van der Waals surface area contributed by atoms with Gasteiger partial charge in [-0.15, -0.1) is 0 Å². The molecule has 0 spiro atoms. The van der Waals surface area contributed by atoms with Crippen LogP contribution in [0, 0.1) is 13.8 Å². The van der Waals surface area contributed by atoms with E-state index in [2.05, 4.69) is 21.3 Å². The van der Waals surface area contributed by atoms with Gasteiger partial charge in [0, 0.05) is 23.3 Å². The number of thiocarbonyl (C=S) groups is 1. The highest BCUT2D eigenvalue weighted by Crippen LogP contribution is 2.44. The molecule has 1 fully saturated rings. The zero-order valence-electron chi connectivity index (χ0n) is 23.9. The first-order valence-corrected chi connectivity index (χ1v) is 14.2. The Morgan fingerprint density at radius 1 is 0.907 bits per heavy atom. The van der Waals surface area contributed by atoms with Gasteiger partial charge in [0.25, 0.3) is 0 Å². The minimum Gasteiger partial charge on any atom is -0.497 e. The molecule has 1 aliphatic heterocycles. The lowest BCUT2D eigenvalue weighted by molar-refractivity contribution is 0.0697. The van der Waals surface area contributed by atoms with Gasteiger partial charge in [-0.1, -0.05) is 18.2 Å². The number of pyridine rings is 1. The number of nitrogens with one attached hydrogen (secondary N) is 1. The molecular weight excluding hydrogens is 560 g/mol. The molecule has 0 saturated carbocycles. The normalized spacial score (nSPS) is 16.2. The van der Waals surface area contributed by atoms with Gasteiger partial charge in [-0.3, -0.25) is 4.98 Å². The fourth-order valence-corrected chi connectivity index (χ4v) is 6.06. The number of aryl methyl sites for hydroxylation is 1. The van der Waals surface area contributed by atoms with Crippen molar-refractivity contribution in [3.8, 4) is 22.9 Å². The number of para-hydroxylation sites is 1. The largest absolute Gasteiger partial charge is 0.497 e. The van der Waals surface area contributed by atoms with Crippen molar-refractivity contribution >= 4 is 29.0 Å². The maximum Gasteiger partial charge on any atom is 0.337 e. The molecule has 9 heteroatoms. The molecule has 3 heterocycles. The molecule has 6 rings (SSSR count). The summed E-state index contributed by atoms with van der Waals surface area (Å²) in [5.41, 5.74) is 5.45. The SMILES string of the molecule is COc1ccc(Oc2ccc(N3C(=S)N[C@H](c4ccccn4)[C@H]3c3cc(C)n(-c4ccccc4C(=O)O)c3C)cc2)cc1. The number of carbonyl (C=O) groups is 1. The van der Waals surface area contributed by atoms with Crippen LogP contribution in [0.1, 0.15) is 45.1 Å². The van der Waals surface area contributed by atoms with Crippen molar-refractivity contribution in [2.45, 2.75) is 25.9 Å². The molecule has 0 amide bonds. The predicted molar refractivity (Wildman–Crippen MR) is 170 cm³/mol. The van der Waals surface area contributed by atoms with Gasteiger partial charge in [-0.25, -0.2) is 4.79 Å². The lowest BCUT2D eigenvalue weighted by Gasteiger charge is -2.28. The zero-order valence-corrected chi connectivity index (χ0v) is 24.7. The summed E-state index contributed by atoms with van der Waals surface area (Å²) in [6.45, 7) is 4.00. The first kappa shape index (κ1) is 28.0. The van der Waals surface area contributed by atoms with Crippen LogP contribution >= 0.6 is 12.2 Å². The van der Waals surface area contributed by atoms with E-state index in [0.29, 0.717) is 22.3 Å². The third kappa shape index (κ3) is 5.30. The number of methoxy groups -OCH3 is 1. The first-order chi connectivity index (χ1) is 20.9. The van der Waals surface area contributed by atoms with Gasteiger partial charge in [0.1, 0.15) is 17.2 Å². The van der Waals surface area contributed by atoms with Crippen LogP contribution < -0.4 is 19.7 Å². The van der Waals surface area contributed by atoms with Crippen molar-refractivity contribution in [1.82, 2.24) is 14.9 Å². The highest BCUT2D eigenvalue weighted by Gasteiger charge is 2.42. The van der Waals surface area contributed by atoms with Crippen LogP contribution in [0.5, 0.6) is 17.2 Å². The summed E-state index contributed by atoms with van der Waals surface area (Å²) in [4.78, 5) is 18.9. The molecular formula is C34H30N4O4S. The number of carboxylic acid groups (broad SMARTS) is 1. The van der Waals surface area contributed by atoms with Gasteiger partial charge in [-0.2, -0.15) is 0 Å². The molecule has 1 saturated heterocycles. The van der Waals surface area contributed by atoms with E-state index in [-0.39, 0.29) is 17.6 Å². The average molecular weight is 591 g/mol. The molecule has 3 aromatic carbocycles. The summed E-state index contributed by atoms with van der Waals surface area (Å²) in [6, 6.07) is 29.7. The number of nitrogens with zero attached hydrogens (tertiary/aromatic N) is 3. The molecule has 0 bridgehead atoms. The molecule has 8 nitrogen and oxygen atoms in total. The van der Waals surface area contributed by atoms with Gasteiger partial charge in [0.2, 0.25) is 0 Å². The van der Waals surface area contributed by atoms with E-state index >= 15 is 0 Å². The number of rotatable bonds is 8. The predicted octanol–water partition coefficient (Wildman–Crippen LogP) is 7.17. The summed E-state index contributed by atoms with van der Waals surface area (Å²) in [6.07, 6.45) is 1.78. The molecule has 2 aromatic heterocycles. The van der Waals surface area contributed by atoms with E-state index < -0.39 is 5.97 Å². The van der Waals surface area contributed by atoms with Gasteiger partial charge in [0.05, 0.1) is 36.1 Å². The van der Waals surface area contributed by atoms with Crippen LogP contribution in [0.25, 0.3) is 5.69 Å². The first-order valence-electron chi connectivity index (χ1n) is 13.8. The Morgan fingerprint density at radius 2 is 1.56 bits per heavy atom. The summed E-state index contributed by atoms with van der Waals surface area (Å²) < 4.78 is 13.3. The Kier molecular flexibility index (Phi) is 7.56. The van der Waals surface area contributed by atoms with Crippen molar-refractivity contribution in [2.75, 3.05) is 12.0 Å². The highest BCUT2D eigenvalue weighted by molar-refractivity contribution is 7.80. The van der Waals surface area contributed by atoms with E-state index in [1.807, 2.05) is 97.3 Å². The Balaban J connectivity index is 1.41. The van der Waals surface area contributed by atoms with E-state index in [9.17, 15) is 9.90 Å². The Bertz CT molecular complexity index is 1790. The lowest BCUT2D eigenvalue weighted by Crippen LogP contribution is -2.29. The second-order valence-corrected chi connectivity index (χ2v) is 10.6. The highest BCUT2D eigenvalue weighted by atomic mass is 32.1. The molecule has 43 heavy (non-hydrogen) atoms. The fraction of sp³-hybridized carbons (Fsp3) is 0.147. The summed E-state index contributed by atoms with van der Waals surface area (Å²) in [5.74, 6) is 1.18. The fourth-order valence-electron chi connectivity index (χ4n) is 5.71. The number of anilines is 1. The molecule has 2 atom stereocenters. The van der Waals surface area contributed by atoms with E-state index in [1.54, 1.807) is 25.4 Å². The van der Waals surface area contributed by atoms with Crippen LogP contribution in [0.3, 0.4) is 0 Å². The minimum absolute atomic E-state index is 0.237. The van der Waals surface area contributed by atoms with E-state index in [0.717, 1.165) is 34.1 Å². The van der Waals surface area contributed by atoms with Crippen molar-refractivity contribution in [3.05, 3.63) is 131 Å². The number of aromatic carboxylic acids is 1. The maximum atomic E-state index is 12.1. The van der Waals surface area contributed by atoms with Crippen LogP contribution in [-0.4, -0.2) is 32.8 Å². The molecule has 5 aromatic rings. The van der Waals surface area contributed by atoms with Crippen molar-refractivity contribution in [1.29, 1.82) is 0 Å². The molecule has 0 aliphatic carbocycles. The summed E-state index contributed by atoms with van der Waals surface area (Å²) >= 11 is 5.93. The molecule has 0 radical (unpaired) electrons. The number of hydrogen-bond donors (Lipinski definition) is 2. The van der Waals surface area contributed by atoms with Crippen molar-refractivity contribution in [2.24, 2.45) is 0 Å². The van der Waals surface area contributed by atoms with Crippen molar-refractivity contribution in [3.63, 3.8) is 0 Å². The van der Waals surface area contributed by atoms with Gasteiger partial charge in [-0.05, 0) is 110 Å². The Hall–Kier alpha value is -5.15. The smallest absolute Gasteiger partial charge is 0.337 e. The van der Waals surface area contributed by atoms with E-state index in [4.69, 9.17) is 21.7 Å². The number of hydrogen-bond acceptors (Lipinski definition) is 5. The van der Waals surface area contributed by atoms with E-state index in [1.165, 1.54) is 0 Å². The molecule has 216 valence electrons. The standard InChI is InChI=1S/C34H30N4O4S/c1-21-20-28(22(2)37(21)30-10-5-4-8-27(30)33(39)40)32-31(29-9-6-7-19-35-29)36-34(43)38(32)23-11-13-25(14-12-23)42-26-17-15-24(41-3)16-18-26/h4-20,31-32H,1-3H3,(H,36,43)(H,39,40)/t31-,32-/m1/s1. The average Bonchev–Trinajstić information content (AvgIpc) is 3.52. The monoisotopic (exact) mass is 590 g/mol. The van der Waals surface area contributed by atoms with Crippen LogP contribution in [0.2, 0.25) is 0 Å². The molecule has 1 aliphatic rings. The summed E-state index contributed by atoms with van der Waals surface area (Å²) in [7, 11) is 1.63. The number of aromatic nitrogens is 2. The maximum absolute atomic E-state index is 12.1. The zero-order chi connectivity index (χ0) is 30.1. The Labute approximate surface area is 255 Å². The molecule has 2 N–H and O–H groups in total. The van der Waals surface area contributed by atoms with Gasteiger partial charge >= 0.3 is 5.97 Å². The minimum atomic E-state index is -0.974. The quantitative estimate of drug-likeness (QED) is 0.184. The van der Waals surface area contributed by atoms with Crippen LogP contribution in [-0.2, 0) is 0 Å². The number of carboxylic acids is 1. The van der Waals surface area contributed by atoms with Crippen LogP contribution in [0.4, 0.5) is 5.69 Å². The number of ether oxygens (including phenoxy) is 2. The number of benzene rings is 3. The second-order valence-electron chi connectivity index (χ2n) is 10.3. The summed E-state index contributed by atoms with van der Waals surface area (Å²) in [5, 5.41) is 14.0.